The number of aryl methyl sites for hydroxylation is 2. The number of H-pyrrole nitrogens is 1. The number of pyridine rings is 3. The molecule has 1 saturated carbocycles. The van der Waals surface area contributed by atoms with Gasteiger partial charge in [0.2, 0.25) is 17.8 Å². The first-order chi connectivity index (χ1) is 32.5. The molecule has 67 heavy (non-hydrogen) atoms. The molecule has 350 valence electrons. The lowest BCUT2D eigenvalue weighted by Crippen LogP contribution is -2.49. The van der Waals surface area contributed by atoms with Gasteiger partial charge >= 0.3 is 0 Å². The molecule has 2 aliphatic rings. The smallest absolute Gasteiger partial charge is 0.263 e. The molecule has 1 aliphatic heterocycles. The Morgan fingerprint density at radius 2 is 1.55 bits per heavy atom. The van der Waals surface area contributed by atoms with Crippen LogP contribution in [0.15, 0.2) is 72.0 Å². The lowest BCUT2D eigenvalue weighted by molar-refractivity contribution is -0.122. The number of Topliss-reactive ketones (excluding diaryl/α,β-unsaturated/α-hetero) is 1. The lowest BCUT2D eigenvalue weighted by Gasteiger charge is -2.35. The second-order valence-electron chi connectivity index (χ2n) is 16.9. The Bertz CT molecular complexity index is 2800. The number of aromatic amines is 1. The first kappa shape index (κ1) is 46.4. The van der Waals surface area contributed by atoms with Crippen LogP contribution in [0.4, 0.5) is 29.0 Å². The normalized spacial score (nSPS) is 14.4. The van der Waals surface area contributed by atoms with Crippen molar-refractivity contribution in [2.45, 2.75) is 58.9 Å². The van der Waals surface area contributed by atoms with Crippen molar-refractivity contribution in [2.75, 3.05) is 86.5 Å². The summed E-state index contributed by atoms with van der Waals surface area (Å²) in [5, 5.41) is 13.2. The van der Waals surface area contributed by atoms with Gasteiger partial charge in [0.05, 0.1) is 68.1 Å². The summed E-state index contributed by atoms with van der Waals surface area (Å²) in [6.45, 7) is 9.70. The fourth-order valence-electron chi connectivity index (χ4n) is 8.63. The van der Waals surface area contributed by atoms with Crippen molar-refractivity contribution < 1.29 is 28.7 Å². The molecule has 5 N–H and O–H groups in total. The molecule has 0 radical (unpaired) electrons. The number of nitrogens with zero attached hydrogens (tertiary/aromatic N) is 7. The van der Waals surface area contributed by atoms with E-state index >= 15 is 0 Å². The van der Waals surface area contributed by atoms with Crippen molar-refractivity contribution in [3.8, 4) is 0 Å². The maximum Gasteiger partial charge on any atom is 0.263 e. The molecule has 0 spiro atoms. The molecule has 6 heterocycles. The number of carbonyl (C=O) groups is 4. The minimum atomic E-state index is -0.391. The molecule has 0 unspecified atom stereocenters. The van der Waals surface area contributed by atoms with Crippen molar-refractivity contribution in [3.05, 3.63) is 99.9 Å². The topological polar surface area (TPSA) is 231 Å². The number of hydrogen-bond donors (Lipinski definition) is 5. The van der Waals surface area contributed by atoms with Crippen molar-refractivity contribution in [1.29, 1.82) is 0 Å². The fourth-order valence-corrected chi connectivity index (χ4v) is 8.63. The summed E-state index contributed by atoms with van der Waals surface area (Å²) in [6.07, 6.45) is 10.7. The van der Waals surface area contributed by atoms with E-state index in [0.717, 1.165) is 55.5 Å². The van der Waals surface area contributed by atoms with E-state index in [1.165, 1.54) is 6.92 Å². The van der Waals surface area contributed by atoms with E-state index in [-0.39, 0.29) is 60.9 Å². The Balaban J connectivity index is 0.710. The quantitative estimate of drug-likeness (QED) is 0.0514. The highest BCUT2D eigenvalue weighted by atomic mass is 16.5. The Morgan fingerprint density at radius 3 is 2.28 bits per heavy atom. The first-order valence-corrected chi connectivity index (χ1v) is 22.7. The van der Waals surface area contributed by atoms with Gasteiger partial charge < -0.3 is 40.6 Å². The van der Waals surface area contributed by atoms with Gasteiger partial charge in [-0.1, -0.05) is 18.9 Å². The molecule has 6 aromatic rings. The van der Waals surface area contributed by atoms with Crippen LogP contribution in [-0.2, 0) is 19.1 Å². The van der Waals surface area contributed by atoms with Gasteiger partial charge in [-0.3, -0.25) is 33.4 Å². The van der Waals surface area contributed by atoms with E-state index in [1.54, 1.807) is 60.5 Å². The summed E-state index contributed by atoms with van der Waals surface area (Å²) in [6, 6.07) is 12.7. The molecule has 2 fully saturated rings. The van der Waals surface area contributed by atoms with Crippen LogP contribution in [0.3, 0.4) is 0 Å². The molecule has 1 aliphatic carbocycles. The number of aromatic nitrogens is 6. The Morgan fingerprint density at radius 1 is 0.791 bits per heavy atom. The Hall–Kier alpha value is -7.09. The van der Waals surface area contributed by atoms with Crippen molar-refractivity contribution in [2.24, 2.45) is 0 Å². The lowest BCUT2D eigenvalue weighted by atomic mass is 10.0. The average Bonchev–Trinajstić information content (AvgIpc) is 4.04. The zero-order valence-corrected chi connectivity index (χ0v) is 38.0. The third-order valence-electron chi connectivity index (χ3n) is 12.2. The van der Waals surface area contributed by atoms with Crippen LogP contribution in [0, 0.1) is 13.8 Å². The summed E-state index contributed by atoms with van der Waals surface area (Å²) in [7, 11) is 0. The summed E-state index contributed by atoms with van der Waals surface area (Å²) in [5.74, 6) is 0.254. The predicted molar refractivity (Wildman–Crippen MR) is 255 cm³/mol. The monoisotopic (exact) mass is 912 g/mol. The van der Waals surface area contributed by atoms with E-state index < -0.39 is 5.91 Å². The SMILES string of the molecule is CC(=O)c1c(C)c2cnc(Nc3ccc(N4CCN(CC(=O)NCCOCCOCCC(=O)Nc5c(C(=O)Nc6ccc(C)cn6)ccc6[nH]ccc56)CC4)cn3)nc2n(C2CCCC2)c1=O. The molecule has 0 bridgehead atoms. The standard InChI is InChI=1S/C48H56N12O7/c1-30-8-12-39(51-26-30)54-46(64)36-10-11-38-35(14-16-49-38)44(36)56-41(62)15-22-66-24-25-67-23-17-50-42(63)29-58-18-20-59(21-19-58)34-9-13-40(52-27-34)55-48-53-28-37-31(2)43(32(3)61)47(65)60(45(37)57-48)33-6-4-5-7-33/h8-14,16,26-28,33,49H,4-7,15,17-25,29H2,1-3H3,(H,50,63)(H,56,62)(H,51,54,64)(H,52,53,55,57). The number of fused-ring (bicyclic) bond motifs is 2. The number of rotatable bonds is 19. The van der Waals surface area contributed by atoms with Crippen LogP contribution >= 0.6 is 0 Å². The van der Waals surface area contributed by atoms with Gasteiger partial charge in [-0.25, -0.2) is 15.0 Å². The zero-order chi connectivity index (χ0) is 46.9. The van der Waals surface area contributed by atoms with Crippen molar-refractivity contribution in [1.82, 2.24) is 39.7 Å². The Labute approximate surface area is 387 Å². The van der Waals surface area contributed by atoms with Crippen molar-refractivity contribution >= 4 is 74.4 Å². The number of ether oxygens (including phenoxy) is 2. The maximum atomic E-state index is 13.6. The van der Waals surface area contributed by atoms with Gasteiger partial charge in [-0.05, 0) is 81.1 Å². The summed E-state index contributed by atoms with van der Waals surface area (Å²) < 4.78 is 12.9. The Kier molecular flexibility index (Phi) is 14.9. The molecular formula is C48H56N12O7. The van der Waals surface area contributed by atoms with Crippen LogP contribution in [0.5, 0.6) is 0 Å². The third-order valence-corrected chi connectivity index (χ3v) is 12.2. The number of piperazine rings is 1. The molecule has 0 atom stereocenters. The summed E-state index contributed by atoms with van der Waals surface area (Å²) in [4.78, 5) is 90.4. The van der Waals surface area contributed by atoms with E-state index in [2.05, 4.69) is 51.0 Å². The highest BCUT2D eigenvalue weighted by molar-refractivity contribution is 6.15. The number of amides is 3. The van der Waals surface area contributed by atoms with Crippen LogP contribution in [0.25, 0.3) is 21.9 Å². The molecular weight excluding hydrogens is 857 g/mol. The number of anilines is 5. The van der Waals surface area contributed by atoms with E-state index in [4.69, 9.17) is 14.5 Å². The molecule has 1 aromatic carbocycles. The molecule has 8 rings (SSSR count). The molecule has 19 heteroatoms. The number of carbonyl (C=O) groups excluding carboxylic acids is 4. The number of ketones is 1. The van der Waals surface area contributed by atoms with Crippen LogP contribution in [0.2, 0.25) is 0 Å². The number of nitrogens with one attached hydrogen (secondary N) is 5. The molecule has 19 nitrogen and oxygen atoms in total. The number of benzene rings is 1. The van der Waals surface area contributed by atoms with Gasteiger partial charge in [-0.2, -0.15) is 4.98 Å². The number of hydrogen-bond acceptors (Lipinski definition) is 14. The highest BCUT2D eigenvalue weighted by Gasteiger charge is 2.26. The summed E-state index contributed by atoms with van der Waals surface area (Å²) >= 11 is 0. The van der Waals surface area contributed by atoms with Gasteiger partial charge in [0, 0.05) is 73.6 Å². The van der Waals surface area contributed by atoms with E-state index in [9.17, 15) is 24.0 Å². The van der Waals surface area contributed by atoms with E-state index in [0.29, 0.717) is 83.7 Å². The van der Waals surface area contributed by atoms with Crippen LogP contribution < -0.4 is 31.7 Å². The minimum absolute atomic E-state index is 0.00873. The van der Waals surface area contributed by atoms with Crippen LogP contribution in [-0.4, -0.2) is 124 Å². The highest BCUT2D eigenvalue weighted by Crippen LogP contribution is 2.32. The summed E-state index contributed by atoms with van der Waals surface area (Å²) in [5.41, 5.74) is 4.45. The van der Waals surface area contributed by atoms with Gasteiger partial charge in [-0.15, -0.1) is 0 Å². The molecule has 3 amide bonds. The third kappa shape index (κ3) is 11.3. The molecule has 1 saturated heterocycles. The predicted octanol–water partition coefficient (Wildman–Crippen LogP) is 5.29. The van der Waals surface area contributed by atoms with Crippen molar-refractivity contribution in [3.63, 3.8) is 0 Å². The zero-order valence-electron chi connectivity index (χ0n) is 38.0. The van der Waals surface area contributed by atoms with Gasteiger partial charge in [0.15, 0.2) is 5.78 Å². The largest absolute Gasteiger partial charge is 0.379 e. The fraction of sp³-hybridized carbons (Fsp3) is 0.396. The van der Waals surface area contributed by atoms with Crippen LogP contribution in [0.1, 0.15) is 76.9 Å². The maximum absolute atomic E-state index is 13.6. The van der Waals surface area contributed by atoms with Gasteiger partial charge in [0.1, 0.15) is 17.3 Å². The first-order valence-electron chi connectivity index (χ1n) is 22.7. The van der Waals surface area contributed by atoms with Gasteiger partial charge in [0.25, 0.3) is 11.5 Å². The average molecular weight is 913 g/mol. The second kappa shape index (κ2) is 21.5. The van der Waals surface area contributed by atoms with E-state index in [1.807, 2.05) is 25.1 Å². The minimum Gasteiger partial charge on any atom is -0.379 e. The molecule has 5 aromatic heterocycles. The second-order valence-corrected chi connectivity index (χ2v) is 16.9.